The predicted octanol–water partition coefficient (Wildman–Crippen LogP) is 3.82. The average molecular weight is 425 g/mol. The van der Waals surface area contributed by atoms with Crippen LogP contribution in [0.2, 0.25) is 0 Å². The fourth-order valence-corrected chi connectivity index (χ4v) is 4.23. The normalized spacial score (nSPS) is 20.4. The van der Waals surface area contributed by atoms with Gasteiger partial charge in [0.25, 0.3) is 5.91 Å². The summed E-state index contributed by atoms with van der Waals surface area (Å²) in [4.78, 5) is 30.5. The van der Waals surface area contributed by atoms with E-state index in [1.54, 1.807) is 13.1 Å². The average Bonchev–Trinajstić information content (AvgIpc) is 3.47. The third-order valence-electron chi connectivity index (χ3n) is 5.83. The van der Waals surface area contributed by atoms with E-state index in [2.05, 4.69) is 42.6 Å². The van der Waals surface area contributed by atoms with Crippen molar-refractivity contribution in [2.45, 2.75) is 27.2 Å². The highest BCUT2D eigenvalue weighted by Crippen LogP contribution is 2.43. The molecule has 0 radical (unpaired) electrons. The number of carbonyl (C=O) groups is 1. The first-order chi connectivity index (χ1) is 14.8. The molecule has 9 nitrogen and oxygen atoms in total. The highest BCUT2D eigenvalue weighted by atomic mass is 16.5. The zero-order valence-electron chi connectivity index (χ0n) is 18.3. The maximum atomic E-state index is 12.7. The smallest absolute Gasteiger partial charge is 0.276 e. The minimum Gasteiger partial charge on any atom is -0.381 e. The Morgan fingerprint density at radius 2 is 2.13 bits per heavy atom. The molecule has 1 fully saturated rings. The van der Waals surface area contributed by atoms with Gasteiger partial charge < -0.3 is 14.7 Å². The minimum absolute atomic E-state index is 0.0774. The van der Waals surface area contributed by atoms with Crippen LogP contribution in [0.25, 0.3) is 5.57 Å². The molecule has 2 unspecified atom stereocenters. The van der Waals surface area contributed by atoms with E-state index in [-0.39, 0.29) is 17.2 Å². The lowest BCUT2D eigenvalue weighted by Gasteiger charge is -2.23. The third kappa shape index (κ3) is 4.30. The summed E-state index contributed by atoms with van der Waals surface area (Å²) in [5, 5.41) is 11.5. The largest absolute Gasteiger partial charge is 0.381 e. The number of nitrogens with one attached hydrogen (secondary N) is 1. The van der Waals surface area contributed by atoms with Crippen LogP contribution in [0.5, 0.6) is 0 Å². The van der Waals surface area contributed by atoms with Crippen LogP contribution in [0.4, 0.5) is 11.5 Å². The first-order valence-corrected chi connectivity index (χ1v) is 10.5. The molecule has 1 amide bonds. The number of rotatable bonds is 6. The summed E-state index contributed by atoms with van der Waals surface area (Å²) in [5.74, 6) is 0.952. The van der Waals surface area contributed by atoms with E-state index in [9.17, 15) is 9.70 Å². The SMILES string of the molecule is CN(N=O)c1nc(C2=CCC3CN(C(=O)c4ccon4)CC23)ccc1NCC(C)(C)C. The van der Waals surface area contributed by atoms with E-state index in [1.165, 1.54) is 11.3 Å². The van der Waals surface area contributed by atoms with Crippen LogP contribution in [0, 0.1) is 22.2 Å². The lowest BCUT2D eigenvalue weighted by Crippen LogP contribution is -2.29. The van der Waals surface area contributed by atoms with E-state index in [1.807, 2.05) is 17.0 Å². The Bertz CT molecular complexity index is 995. The summed E-state index contributed by atoms with van der Waals surface area (Å²) >= 11 is 0. The second-order valence-corrected chi connectivity index (χ2v) is 9.44. The van der Waals surface area contributed by atoms with E-state index >= 15 is 0 Å². The molecule has 164 valence electrons. The molecule has 1 aliphatic heterocycles. The highest BCUT2D eigenvalue weighted by Gasteiger charge is 2.41. The lowest BCUT2D eigenvalue weighted by atomic mass is 9.93. The molecule has 2 aromatic rings. The zero-order chi connectivity index (χ0) is 22.2. The standard InChI is InChI=1S/C22H28N6O3/c1-22(2,3)13-23-18-8-7-17(24-20(18)27(4)26-30)15-6-5-14-11-28(12-16(14)15)21(29)19-9-10-31-25-19/h6-10,14,16,23H,5,11-13H2,1-4H3. The molecule has 9 heteroatoms. The summed E-state index contributed by atoms with van der Waals surface area (Å²) in [6.45, 7) is 8.45. The van der Waals surface area contributed by atoms with Crippen molar-refractivity contribution < 1.29 is 9.32 Å². The highest BCUT2D eigenvalue weighted by molar-refractivity contribution is 5.92. The van der Waals surface area contributed by atoms with Gasteiger partial charge in [-0.05, 0) is 35.5 Å². The van der Waals surface area contributed by atoms with Crippen molar-refractivity contribution in [2.75, 3.05) is 37.0 Å². The second kappa shape index (κ2) is 8.13. The van der Waals surface area contributed by atoms with Gasteiger partial charge in [-0.3, -0.25) is 4.79 Å². The lowest BCUT2D eigenvalue weighted by molar-refractivity contribution is 0.0775. The Morgan fingerprint density at radius 1 is 1.32 bits per heavy atom. The monoisotopic (exact) mass is 424 g/mol. The number of aromatic nitrogens is 2. The van der Waals surface area contributed by atoms with Crippen molar-refractivity contribution >= 4 is 23.0 Å². The Kier molecular flexibility index (Phi) is 5.51. The number of pyridine rings is 1. The van der Waals surface area contributed by atoms with E-state index in [4.69, 9.17) is 9.51 Å². The molecule has 1 aliphatic carbocycles. The molecule has 3 heterocycles. The number of carbonyl (C=O) groups excluding carboxylic acids is 1. The van der Waals surface area contributed by atoms with E-state index < -0.39 is 0 Å². The summed E-state index contributed by atoms with van der Waals surface area (Å²) in [5.41, 5.74) is 3.11. The van der Waals surface area contributed by atoms with Crippen LogP contribution >= 0.6 is 0 Å². The van der Waals surface area contributed by atoms with Crippen molar-refractivity contribution in [1.29, 1.82) is 0 Å². The number of nitroso groups, excluding NO2 is 1. The van der Waals surface area contributed by atoms with Gasteiger partial charge in [0.15, 0.2) is 11.5 Å². The summed E-state index contributed by atoms with van der Waals surface area (Å²) in [6, 6.07) is 5.52. The molecular weight excluding hydrogens is 396 g/mol. The summed E-state index contributed by atoms with van der Waals surface area (Å²) < 4.78 is 4.81. The number of hydrogen-bond donors (Lipinski definition) is 1. The predicted molar refractivity (Wildman–Crippen MR) is 118 cm³/mol. The van der Waals surface area contributed by atoms with Crippen LogP contribution in [-0.4, -0.2) is 47.6 Å². The maximum Gasteiger partial charge on any atom is 0.276 e. The number of amides is 1. The Hall–Kier alpha value is -3.23. The molecule has 0 spiro atoms. The minimum atomic E-state index is -0.109. The van der Waals surface area contributed by atoms with Gasteiger partial charge in [0.1, 0.15) is 6.26 Å². The summed E-state index contributed by atoms with van der Waals surface area (Å²) in [7, 11) is 1.60. The van der Waals surface area contributed by atoms with Crippen molar-refractivity contribution in [3.05, 3.63) is 46.8 Å². The Balaban J connectivity index is 1.55. The van der Waals surface area contributed by atoms with Gasteiger partial charge in [-0.15, -0.1) is 4.91 Å². The number of likely N-dealkylation sites (tertiary alicyclic amines) is 1. The Labute approximate surface area is 181 Å². The van der Waals surface area contributed by atoms with Gasteiger partial charge in [0.05, 0.1) is 16.7 Å². The molecule has 31 heavy (non-hydrogen) atoms. The van der Waals surface area contributed by atoms with Crippen LogP contribution in [-0.2, 0) is 0 Å². The molecule has 1 saturated heterocycles. The molecule has 0 bridgehead atoms. The maximum absolute atomic E-state index is 12.7. The van der Waals surface area contributed by atoms with Gasteiger partial charge in [-0.25, -0.2) is 9.99 Å². The second-order valence-electron chi connectivity index (χ2n) is 9.44. The van der Waals surface area contributed by atoms with E-state index in [0.717, 1.165) is 29.9 Å². The fraction of sp³-hybridized carbons (Fsp3) is 0.500. The summed E-state index contributed by atoms with van der Waals surface area (Å²) in [6.07, 6.45) is 4.51. The third-order valence-corrected chi connectivity index (χ3v) is 5.83. The molecule has 2 atom stereocenters. The molecular formula is C22H28N6O3. The fourth-order valence-electron chi connectivity index (χ4n) is 4.23. The van der Waals surface area contributed by atoms with Gasteiger partial charge in [-0.1, -0.05) is 32.0 Å². The Morgan fingerprint density at radius 3 is 2.81 bits per heavy atom. The number of nitrogens with zero attached hydrogens (tertiary/aromatic N) is 5. The number of fused-ring (bicyclic) bond motifs is 1. The quantitative estimate of drug-likeness (QED) is 0.555. The van der Waals surface area contributed by atoms with Crippen molar-refractivity contribution in [3.8, 4) is 0 Å². The number of allylic oxidation sites excluding steroid dienone is 1. The zero-order valence-corrected chi connectivity index (χ0v) is 18.3. The molecule has 0 aromatic carbocycles. The molecule has 4 rings (SSSR count). The van der Waals surface area contributed by atoms with Gasteiger partial charge in [0, 0.05) is 38.7 Å². The first-order valence-electron chi connectivity index (χ1n) is 10.5. The molecule has 0 saturated carbocycles. The number of hydrogen-bond acceptors (Lipinski definition) is 7. The molecule has 2 aliphatic rings. The number of anilines is 2. The van der Waals surface area contributed by atoms with Crippen LogP contribution in [0.3, 0.4) is 0 Å². The van der Waals surface area contributed by atoms with Crippen LogP contribution < -0.4 is 10.3 Å². The topological polar surface area (TPSA) is 104 Å². The molecule has 2 aromatic heterocycles. The van der Waals surface area contributed by atoms with Gasteiger partial charge in [0.2, 0.25) is 0 Å². The van der Waals surface area contributed by atoms with Gasteiger partial charge in [-0.2, -0.15) is 0 Å². The van der Waals surface area contributed by atoms with Crippen molar-refractivity contribution in [1.82, 2.24) is 15.0 Å². The van der Waals surface area contributed by atoms with Crippen molar-refractivity contribution in [2.24, 2.45) is 22.5 Å². The van der Waals surface area contributed by atoms with Gasteiger partial charge >= 0.3 is 0 Å². The van der Waals surface area contributed by atoms with E-state index in [0.29, 0.717) is 30.5 Å². The van der Waals surface area contributed by atoms with Crippen molar-refractivity contribution in [3.63, 3.8) is 0 Å². The van der Waals surface area contributed by atoms with Crippen LogP contribution in [0.15, 0.2) is 40.3 Å². The first kappa shape index (κ1) is 21.0. The van der Waals surface area contributed by atoms with Crippen LogP contribution in [0.1, 0.15) is 43.4 Å². The molecule has 1 N–H and O–H groups in total.